The molecule has 2 rings (SSSR count). The van der Waals surface area contributed by atoms with Crippen molar-refractivity contribution < 1.29 is 34.4 Å². The number of esters is 2. The zero-order valence-corrected chi connectivity index (χ0v) is 22.6. The SMILES string of the molecule is CC(=O)O[C@@H]1/C=C/[C@H](C)[C@@H](/C(C)=C/C=C/[C@](C)(O)CCc2ccccc2)OC(=O)C[C@H](O)CC[C@@]1(C)O. The molecule has 7 heteroatoms. The number of allylic oxidation sites excluding steroid dienone is 2. The number of carbonyl (C=O) groups is 2. The fourth-order valence-corrected chi connectivity index (χ4v) is 4.26. The van der Waals surface area contributed by atoms with Gasteiger partial charge >= 0.3 is 11.9 Å². The summed E-state index contributed by atoms with van der Waals surface area (Å²) in [7, 11) is 0. The number of carbonyl (C=O) groups excluding carboxylic acids is 2. The molecule has 3 N–H and O–H groups in total. The van der Waals surface area contributed by atoms with Gasteiger partial charge in [0.05, 0.1) is 18.1 Å². The number of benzene rings is 1. The molecule has 204 valence electrons. The van der Waals surface area contributed by atoms with Gasteiger partial charge in [-0.3, -0.25) is 9.59 Å². The molecule has 0 radical (unpaired) electrons. The van der Waals surface area contributed by atoms with Crippen molar-refractivity contribution in [2.24, 2.45) is 5.92 Å². The highest BCUT2D eigenvalue weighted by Gasteiger charge is 2.35. The van der Waals surface area contributed by atoms with Crippen molar-refractivity contribution in [3.8, 4) is 0 Å². The summed E-state index contributed by atoms with van der Waals surface area (Å²) in [5.41, 5.74) is -0.547. The largest absolute Gasteiger partial charge is 0.457 e. The fraction of sp³-hybridized carbons (Fsp3) is 0.533. The highest BCUT2D eigenvalue weighted by atomic mass is 16.6. The number of cyclic esters (lactones) is 1. The van der Waals surface area contributed by atoms with Gasteiger partial charge in [-0.2, -0.15) is 0 Å². The van der Waals surface area contributed by atoms with Gasteiger partial charge < -0.3 is 24.8 Å². The lowest BCUT2D eigenvalue weighted by molar-refractivity contribution is -0.157. The molecule has 1 aliphatic heterocycles. The maximum atomic E-state index is 12.6. The summed E-state index contributed by atoms with van der Waals surface area (Å²) in [6.45, 7) is 8.25. The zero-order chi connectivity index (χ0) is 27.6. The van der Waals surface area contributed by atoms with Crippen molar-refractivity contribution in [3.63, 3.8) is 0 Å². The number of aliphatic hydroxyl groups excluding tert-OH is 1. The molecular formula is C30H42O7. The number of hydrogen-bond donors (Lipinski definition) is 3. The van der Waals surface area contributed by atoms with Gasteiger partial charge in [0.1, 0.15) is 17.8 Å². The van der Waals surface area contributed by atoms with Crippen LogP contribution in [0.1, 0.15) is 65.9 Å². The molecule has 1 aromatic carbocycles. The van der Waals surface area contributed by atoms with Crippen LogP contribution in [0.4, 0.5) is 0 Å². The van der Waals surface area contributed by atoms with E-state index < -0.39 is 41.5 Å². The third kappa shape index (κ3) is 10.6. The summed E-state index contributed by atoms with van der Waals surface area (Å²) >= 11 is 0. The second-order valence-electron chi connectivity index (χ2n) is 10.6. The number of aryl methyl sites for hydroxylation is 1. The lowest BCUT2D eigenvalue weighted by Crippen LogP contribution is -2.42. The normalized spacial score (nSPS) is 30.5. The Bertz CT molecular complexity index is 975. The van der Waals surface area contributed by atoms with Gasteiger partial charge in [0.25, 0.3) is 0 Å². The number of ether oxygens (including phenoxy) is 2. The smallest absolute Gasteiger partial charge is 0.309 e. The van der Waals surface area contributed by atoms with E-state index in [1.807, 2.05) is 44.2 Å². The Kier molecular flexibility index (Phi) is 11.3. The molecule has 1 heterocycles. The Morgan fingerprint density at radius 1 is 1.24 bits per heavy atom. The first-order chi connectivity index (χ1) is 17.3. The molecule has 0 saturated heterocycles. The van der Waals surface area contributed by atoms with E-state index in [2.05, 4.69) is 0 Å². The summed E-state index contributed by atoms with van der Waals surface area (Å²) in [6.07, 6.45) is 7.41. The summed E-state index contributed by atoms with van der Waals surface area (Å²) in [6, 6.07) is 9.96. The van der Waals surface area contributed by atoms with Gasteiger partial charge in [-0.05, 0) is 63.7 Å². The summed E-state index contributed by atoms with van der Waals surface area (Å²) in [5.74, 6) is -1.39. The van der Waals surface area contributed by atoms with Gasteiger partial charge in [0.2, 0.25) is 0 Å². The van der Waals surface area contributed by atoms with E-state index in [1.54, 1.807) is 44.2 Å². The number of rotatable bonds is 7. The van der Waals surface area contributed by atoms with Crippen molar-refractivity contribution in [3.05, 3.63) is 71.8 Å². The monoisotopic (exact) mass is 514 g/mol. The van der Waals surface area contributed by atoms with E-state index in [4.69, 9.17) is 9.47 Å². The van der Waals surface area contributed by atoms with Gasteiger partial charge in [-0.25, -0.2) is 0 Å². The first-order valence-electron chi connectivity index (χ1n) is 12.9. The molecule has 7 nitrogen and oxygen atoms in total. The molecule has 6 atom stereocenters. The quantitative estimate of drug-likeness (QED) is 0.284. The van der Waals surface area contributed by atoms with Crippen LogP contribution in [-0.4, -0.2) is 56.8 Å². The Morgan fingerprint density at radius 3 is 2.57 bits per heavy atom. The van der Waals surface area contributed by atoms with Crippen molar-refractivity contribution in [2.45, 2.75) is 96.2 Å². The Balaban J connectivity index is 2.22. The summed E-state index contributed by atoms with van der Waals surface area (Å²) < 4.78 is 11.1. The van der Waals surface area contributed by atoms with Gasteiger partial charge in [-0.15, -0.1) is 0 Å². The van der Waals surface area contributed by atoms with Crippen molar-refractivity contribution >= 4 is 11.9 Å². The number of aliphatic hydroxyl groups is 3. The van der Waals surface area contributed by atoms with E-state index in [0.717, 1.165) is 17.6 Å². The first-order valence-corrected chi connectivity index (χ1v) is 12.9. The van der Waals surface area contributed by atoms with Gasteiger partial charge in [0.15, 0.2) is 0 Å². The predicted octanol–water partition coefficient (Wildman–Crippen LogP) is 4.20. The molecule has 37 heavy (non-hydrogen) atoms. The minimum Gasteiger partial charge on any atom is -0.457 e. The van der Waals surface area contributed by atoms with Crippen LogP contribution in [-0.2, 0) is 25.5 Å². The van der Waals surface area contributed by atoms with E-state index >= 15 is 0 Å². The molecular weight excluding hydrogens is 472 g/mol. The first kappa shape index (κ1) is 30.5. The van der Waals surface area contributed by atoms with Crippen LogP contribution in [0.15, 0.2) is 66.3 Å². The van der Waals surface area contributed by atoms with Crippen molar-refractivity contribution in [2.75, 3.05) is 0 Å². The second-order valence-corrected chi connectivity index (χ2v) is 10.6. The van der Waals surface area contributed by atoms with Crippen molar-refractivity contribution in [1.82, 2.24) is 0 Å². The predicted molar refractivity (Wildman–Crippen MR) is 143 cm³/mol. The lowest BCUT2D eigenvalue weighted by Gasteiger charge is -2.32. The van der Waals surface area contributed by atoms with Crippen LogP contribution < -0.4 is 0 Å². The molecule has 0 fully saturated rings. The standard InChI is InChI=1S/C30H42O7/c1-21(10-9-17-29(4,34)18-15-24-11-7-6-8-12-24)28-22(2)13-14-26(36-23(3)31)30(5,35)19-16-25(32)20-27(33)37-28/h6-14,17,22,25-26,28,32,34-35H,15-16,18-20H2,1-5H3/b14-13+,17-9+,21-10+/t22-,25+,26+,28+,29-,30+/m0/s1. The second kappa shape index (κ2) is 13.7. The molecule has 0 unspecified atom stereocenters. The highest BCUT2D eigenvalue weighted by molar-refractivity contribution is 5.70. The molecule has 0 aromatic heterocycles. The van der Waals surface area contributed by atoms with E-state index in [9.17, 15) is 24.9 Å². The summed E-state index contributed by atoms with van der Waals surface area (Å²) in [4.78, 5) is 24.2. The van der Waals surface area contributed by atoms with Crippen LogP contribution in [0.2, 0.25) is 0 Å². The van der Waals surface area contributed by atoms with Crippen LogP contribution in [0, 0.1) is 5.92 Å². The molecule has 1 aromatic rings. The van der Waals surface area contributed by atoms with Gasteiger partial charge in [-0.1, -0.05) is 61.6 Å². The maximum absolute atomic E-state index is 12.6. The lowest BCUT2D eigenvalue weighted by atomic mass is 9.88. The average Bonchev–Trinajstić information content (AvgIpc) is 2.82. The van der Waals surface area contributed by atoms with Crippen LogP contribution >= 0.6 is 0 Å². The maximum Gasteiger partial charge on any atom is 0.309 e. The Labute approximate surface area is 220 Å². The molecule has 0 bridgehead atoms. The third-order valence-electron chi connectivity index (χ3n) is 6.64. The molecule has 1 aliphatic rings. The molecule has 0 aliphatic carbocycles. The third-order valence-corrected chi connectivity index (χ3v) is 6.64. The minimum absolute atomic E-state index is 0.134. The van der Waals surface area contributed by atoms with E-state index in [0.29, 0.717) is 6.42 Å². The highest BCUT2D eigenvalue weighted by Crippen LogP contribution is 2.27. The van der Waals surface area contributed by atoms with E-state index in [-0.39, 0.29) is 25.2 Å². The van der Waals surface area contributed by atoms with Crippen LogP contribution in [0.3, 0.4) is 0 Å². The van der Waals surface area contributed by atoms with Crippen LogP contribution in [0.25, 0.3) is 0 Å². The minimum atomic E-state index is -1.42. The Hall–Kier alpha value is -2.74. The molecule has 0 saturated carbocycles. The van der Waals surface area contributed by atoms with Crippen molar-refractivity contribution in [1.29, 1.82) is 0 Å². The Morgan fingerprint density at radius 2 is 1.92 bits per heavy atom. The average molecular weight is 515 g/mol. The molecule has 0 spiro atoms. The van der Waals surface area contributed by atoms with Gasteiger partial charge in [0, 0.05) is 12.8 Å². The summed E-state index contributed by atoms with van der Waals surface area (Å²) in [5, 5.41) is 32.0. The zero-order valence-electron chi connectivity index (χ0n) is 22.6. The number of hydrogen-bond acceptors (Lipinski definition) is 7. The topological polar surface area (TPSA) is 113 Å². The molecule has 0 amide bonds. The fourth-order valence-electron chi connectivity index (χ4n) is 4.26. The van der Waals surface area contributed by atoms with Crippen LogP contribution in [0.5, 0.6) is 0 Å². The van der Waals surface area contributed by atoms with E-state index in [1.165, 1.54) is 6.92 Å².